The molecule has 0 aliphatic heterocycles. The molecule has 2 aromatic carbocycles. The Kier molecular flexibility index (Phi) is 7.24. The van der Waals surface area contributed by atoms with E-state index in [1.807, 2.05) is 71.7 Å². The lowest BCUT2D eigenvalue weighted by Crippen LogP contribution is -2.47. The predicted octanol–water partition coefficient (Wildman–Crippen LogP) is 5.11. The van der Waals surface area contributed by atoms with Crippen molar-refractivity contribution in [1.82, 2.24) is 14.9 Å². The van der Waals surface area contributed by atoms with Crippen LogP contribution in [-0.2, 0) is 16.0 Å². The number of nitrogens with zero attached hydrogens (tertiary/aromatic N) is 2. The standard InChI is InChI=1S/C28H30N4O4/c1-28(2,3)36-27(34)31-25(15-19-5-9-24(35-4)10-6-19)26(33)30-22-12-14-32(18-22)23-8-7-21-17-29-13-11-20(21)16-23/h5-14,16-18,25H,15H2,1-4H3,(H,30,33)(H,31,34)/t25-/m0/s1. The number of pyridine rings is 1. The van der Waals surface area contributed by atoms with Gasteiger partial charge in [-0.1, -0.05) is 18.2 Å². The topological polar surface area (TPSA) is 94.5 Å². The molecular formula is C28H30N4O4. The number of ether oxygens (including phenoxy) is 2. The molecule has 0 spiro atoms. The Morgan fingerprint density at radius 2 is 1.81 bits per heavy atom. The Labute approximate surface area is 210 Å². The van der Waals surface area contributed by atoms with Crippen molar-refractivity contribution in [2.45, 2.75) is 38.8 Å². The van der Waals surface area contributed by atoms with Gasteiger partial charge in [0.1, 0.15) is 17.4 Å². The molecule has 2 aromatic heterocycles. The van der Waals surface area contributed by atoms with Gasteiger partial charge in [-0.05, 0) is 68.1 Å². The maximum absolute atomic E-state index is 13.2. The van der Waals surface area contributed by atoms with Crippen molar-refractivity contribution in [3.8, 4) is 11.4 Å². The molecular weight excluding hydrogens is 456 g/mol. The van der Waals surface area contributed by atoms with E-state index in [2.05, 4.69) is 21.7 Å². The van der Waals surface area contributed by atoms with Gasteiger partial charge >= 0.3 is 6.09 Å². The summed E-state index contributed by atoms with van der Waals surface area (Å²) in [5.41, 5.74) is 1.75. The number of fused-ring (bicyclic) bond motifs is 1. The Balaban J connectivity index is 1.50. The highest BCUT2D eigenvalue weighted by molar-refractivity contribution is 5.96. The number of carbonyl (C=O) groups is 2. The van der Waals surface area contributed by atoms with Gasteiger partial charge in [-0.2, -0.15) is 0 Å². The van der Waals surface area contributed by atoms with Crippen molar-refractivity contribution >= 4 is 28.5 Å². The normalized spacial score (nSPS) is 12.1. The molecule has 2 heterocycles. The van der Waals surface area contributed by atoms with Crippen LogP contribution in [0.25, 0.3) is 16.5 Å². The Bertz CT molecular complexity index is 1360. The number of benzene rings is 2. The number of anilines is 1. The number of hydrogen-bond donors (Lipinski definition) is 2. The molecule has 4 aromatic rings. The average molecular weight is 487 g/mol. The van der Waals surface area contributed by atoms with Crippen LogP contribution in [0.2, 0.25) is 0 Å². The molecule has 0 unspecified atom stereocenters. The van der Waals surface area contributed by atoms with Crippen LogP contribution in [0.15, 0.2) is 79.4 Å². The summed E-state index contributed by atoms with van der Waals surface area (Å²) in [6, 6.07) is 16.3. The molecule has 8 heteroatoms. The minimum Gasteiger partial charge on any atom is -0.497 e. The van der Waals surface area contributed by atoms with Gasteiger partial charge in [-0.15, -0.1) is 0 Å². The van der Waals surface area contributed by atoms with Crippen LogP contribution in [0.3, 0.4) is 0 Å². The zero-order valence-corrected chi connectivity index (χ0v) is 20.8. The van der Waals surface area contributed by atoms with Crippen LogP contribution in [0.4, 0.5) is 10.5 Å². The van der Waals surface area contributed by atoms with Gasteiger partial charge in [-0.25, -0.2) is 4.79 Å². The monoisotopic (exact) mass is 486 g/mol. The van der Waals surface area contributed by atoms with Gasteiger partial charge in [0.15, 0.2) is 0 Å². The van der Waals surface area contributed by atoms with E-state index < -0.39 is 17.7 Å². The third kappa shape index (κ3) is 6.41. The van der Waals surface area contributed by atoms with E-state index in [4.69, 9.17) is 9.47 Å². The highest BCUT2D eigenvalue weighted by Gasteiger charge is 2.25. The van der Waals surface area contributed by atoms with Crippen LogP contribution < -0.4 is 15.4 Å². The summed E-state index contributed by atoms with van der Waals surface area (Å²) >= 11 is 0. The number of hydrogen-bond acceptors (Lipinski definition) is 5. The summed E-state index contributed by atoms with van der Waals surface area (Å²) < 4.78 is 12.5. The minimum absolute atomic E-state index is 0.286. The summed E-state index contributed by atoms with van der Waals surface area (Å²) in [4.78, 5) is 29.9. The third-order valence-electron chi connectivity index (χ3n) is 5.49. The molecule has 0 radical (unpaired) electrons. The molecule has 8 nitrogen and oxygen atoms in total. The number of methoxy groups -OCH3 is 1. The summed E-state index contributed by atoms with van der Waals surface area (Å²) in [6.45, 7) is 5.32. The molecule has 2 N–H and O–H groups in total. The van der Waals surface area contributed by atoms with Crippen molar-refractivity contribution < 1.29 is 19.1 Å². The number of rotatable bonds is 7. The van der Waals surface area contributed by atoms with Crippen molar-refractivity contribution in [2.24, 2.45) is 0 Å². The first-order valence-corrected chi connectivity index (χ1v) is 11.7. The second kappa shape index (κ2) is 10.5. The first-order chi connectivity index (χ1) is 17.2. The molecule has 0 saturated heterocycles. The lowest BCUT2D eigenvalue weighted by molar-refractivity contribution is -0.118. The highest BCUT2D eigenvalue weighted by atomic mass is 16.6. The summed E-state index contributed by atoms with van der Waals surface area (Å²) in [6.07, 6.45) is 6.92. The van der Waals surface area contributed by atoms with Gasteiger partial charge in [0.25, 0.3) is 0 Å². The average Bonchev–Trinajstić information content (AvgIpc) is 3.31. The van der Waals surface area contributed by atoms with E-state index in [-0.39, 0.29) is 12.3 Å². The molecule has 186 valence electrons. The number of aromatic nitrogens is 2. The molecule has 0 bridgehead atoms. The van der Waals surface area contributed by atoms with Gasteiger partial charge < -0.3 is 24.7 Å². The van der Waals surface area contributed by atoms with Crippen LogP contribution in [0.1, 0.15) is 26.3 Å². The van der Waals surface area contributed by atoms with Crippen molar-refractivity contribution in [2.75, 3.05) is 12.4 Å². The maximum Gasteiger partial charge on any atom is 0.408 e. The molecule has 2 amide bonds. The predicted molar refractivity (Wildman–Crippen MR) is 140 cm³/mol. The van der Waals surface area contributed by atoms with E-state index in [1.165, 1.54) is 0 Å². The van der Waals surface area contributed by atoms with E-state index in [0.29, 0.717) is 11.4 Å². The van der Waals surface area contributed by atoms with Crippen LogP contribution in [0, 0.1) is 0 Å². The Hall–Kier alpha value is -4.33. The van der Waals surface area contributed by atoms with E-state index in [0.717, 1.165) is 22.0 Å². The molecule has 0 fully saturated rings. The fourth-order valence-corrected chi connectivity index (χ4v) is 3.75. The quantitative estimate of drug-likeness (QED) is 0.379. The van der Waals surface area contributed by atoms with Crippen molar-refractivity contribution in [3.63, 3.8) is 0 Å². The first-order valence-electron chi connectivity index (χ1n) is 11.7. The molecule has 4 rings (SSSR count). The van der Waals surface area contributed by atoms with Gasteiger partial charge in [0.05, 0.1) is 12.8 Å². The van der Waals surface area contributed by atoms with Crippen LogP contribution in [-0.4, -0.2) is 40.3 Å². The van der Waals surface area contributed by atoms with Crippen LogP contribution in [0.5, 0.6) is 5.75 Å². The highest BCUT2D eigenvalue weighted by Crippen LogP contribution is 2.20. The lowest BCUT2D eigenvalue weighted by Gasteiger charge is -2.23. The van der Waals surface area contributed by atoms with Crippen LogP contribution >= 0.6 is 0 Å². The minimum atomic E-state index is -0.843. The third-order valence-corrected chi connectivity index (χ3v) is 5.49. The van der Waals surface area contributed by atoms with Gasteiger partial charge in [0.2, 0.25) is 5.91 Å². The Morgan fingerprint density at radius 3 is 2.53 bits per heavy atom. The SMILES string of the molecule is COc1ccc(C[C@H](NC(=O)OC(C)(C)C)C(=O)Nc2ccn(-c3ccc4cnccc4c3)c2)cc1. The number of carbonyl (C=O) groups excluding carboxylic acids is 2. The van der Waals surface area contributed by atoms with Gasteiger partial charge in [-0.3, -0.25) is 9.78 Å². The number of nitrogens with one attached hydrogen (secondary N) is 2. The van der Waals surface area contributed by atoms with Crippen molar-refractivity contribution in [3.05, 3.63) is 84.9 Å². The summed E-state index contributed by atoms with van der Waals surface area (Å²) in [7, 11) is 1.59. The second-order valence-corrected chi connectivity index (χ2v) is 9.45. The molecule has 1 atom stereocenters. The zero-order chi connectivity index (χ0) is 25.7. The van der Waals surface area contributed by atoms with E-state index in [1.54, 1.807) is 34.1 Å². The molecule has 36 heavy (non-hydrogen) atoms. The lowest BCUT2D eigenvalue weighted by atomic mass is 10.1. The molecule has 0 aliphatic rings. The first kappa shape index (κ1) is 24.8. The fraction of sp³-hybridized carbons (Fsp3) is 0.250. The van der Waals surface area contributed by atoms with Crippen molar-refractivity contribution in [1.29, 1.82) is 0 Å². The smallest absolute Gasteiger partial charge is 0.408 e. The second-order valence-electron chi connectivity index (χ2n) is 9.45. The largest absolute Gasteiger partial charge is 0.497 e. The Morgan fingerprint density at radius 1 is 1.03 bits per heavy atom. The van der Waals surface area contributed by atoms with E-state index in [9.17, 15) is 9.59 Å². The van der Waals surface area contributed by atoms with E-state index >= 15 is 0 Å². The van der Waals surface area contributed by atoms with Gasteiger partial charge in [0, 0.05) is 42.3 Å². The summed E-state index contributed by atoms with van der Waals surface area (Å²) in [5, 5.41) is 7.75. The number of alkyl carbamates (subject to hydrolysis) is 1. The molecule has 0 aliphatic carbocycles. The summed E-state index contributed by atoms with van der Waals surface area (Å²) in [5.74, 6) is 0.366. The zero-order valence-electron chi connectivity index (χ0n) is 20.8. The molecule has 0 saturated carbocycles. The fourth-order valence-electron chi connectivity index (χ4n) is 3.75. The maximum atomic E-state index is 13.2. The number of amides is 2.